The van der Waals surface area contributed by atoms with Crippen LogP contribution in [0.2, 0.25) is 0 Å². The van der Waals surface area contributed by atoms with E-state index < -0.39 is 67.0 Å². The molecule has 0 aliphatic carbocycles. The number of carbonyl (C=O) groups is 5. The van der Waals surface area contributed by atoms with Crippen LogP contribution in [0, 0.1) is 0 Å². The largest absolute Gasteiger partial charge is 0.463 e. The standard InChI is InChI=1S/C28H29BrN4O11/c1-14(34)39-13-23-24(40-15(2)35)25(41-16(3)36)26(42-17(4)37)28(44-23)33-12-20(31-32-33)11-30-27(38)22-10-9-21(43-22)18-5-7-19(29)8-6-18/h5-10,12,23-26,28H,11,13H2,1-4H3,(H,30,38)/t23-,24-,25+,26-,28-/m0/s1. The van der Waals surface area contributed by atoms with Crippen molar-refractivity contribution in [3.8, 4) is 11.3 Å². The number of benzene rings is 1. The molecule has 0 unspecified atom stereocenters. The van der Waals surface area contributed by atoms with Crippen molar-refractivity contribution in [2.75, 3.05) is 6.61 Å². The van der Waals surface area contributed by atoms with Gasteiger partial charge in [-0.25, -0.2) is 4.68 Å². The quantitative estimate of drug-likeness (QED) is 0.244. The molecular formula is C28H29BrN4O11. The van der Waals surface area contributed by atoms with Gasteiger partial charge in [-0.05, 0) is 24.3 Å². The lowest BCUT2D eigenvalue weighted by atomic mass is 9.97. The normalized spacial score (nSPS) is 21.2. The van der Waals surface area contributed by atoms with Gasteiger partial charge in [-0.2, -0.15) is 0 Å². The Hall–Kier alpha value is -4.57. The van der Waals surface area contributed by atoms with Crippen LogP contribution in [0.3, 0.4) is 0 Å². The molecule has 234 valence electrons. The summed E-state index contributed by atoms with van der Waals surface area (Å²) in [6.07, 6.45) is -5.06. The van der Waals surface area contributed by atoms with Gasteiger partial charge in [0.2, 0.25) is 0 Å². The van der Waals surface area contributed by atoms with Gasteiger partial charge in [0.25, 0.3) is 5.91 Å². The van der Waals surface area contributed by atoms with E-state index in [1.165, 1.54) is 17.8 Å². The van der Waals surface area contributed by atoms with Crippen LogP contribution in [0.4, 0.5) is 0 Å². The molecule has 5 atom stereocenters. The predicted molar refractivity (Wildman–Crippen MR) is 150 cm³/mol. The zero-order valence-corrected chi connectivity index (χ0v) is 25.6. The first-order chi connectivity index (χ1) is 20.9. The van der Waals surface area contributed by atoms with E-state index in [2.05, 4.69) is 31.6 Å². The molecule has 4 rings (SSSR count). The predicted octanol–water partition coefficient (Wildman–Crippen LogP) is 2.49. The third-order valence-corrected chi connectivity index (χ3v) is 6.70. The number of hydrogen-bond acceptors (Lipinski definition) is 13. The number of aromatic nitrogens is 3. The van der Waals surface area contributed by atoms with Gasteiger partial charge in [0, 0.05) is 37.7 Å². The summed E-state index contributed by atoms with van der Waals surface area (Å²) in [7, 11) is 0. The maximum absolute atomic E-state index is 12.8. The SMILES string of the molecule is CC(=O)OC[C@@H]1O[C@H](n2cc(CNC(=O)c3ccc(-c4ccc(Br)cc4)o3)nn2)[C@@H](OC(C)=O)[C@H](OC(C)=O)[C@H]1OC(C)=O. The molecule has 0 bridgehead atoms. The number of amides is 1. The first kappa shape index (κ1) is 32.3. The highest BCUT2D eigenvalue weighted by Crippen LogP contribution is 2.34. The first-order valence-corrected chi connectivity index (χ1v) is 14.1. The molecule has 44 heavy (non-hydrogen) atoms. The molecule has 0 spiro atoms. The van der Waals surface area contributed by atoms with Gasteiger partial charge in [0.1, 0.15) is 24.2 Å². The molecular weight excluding hydrogens is 648 g/mol. The van der Waals surface area contributed by atoms with Crippen LogP contribution in [0.25, 0.3) is 11.3 Å². The third-order valence-electron chi connectivity index (χ3n) is 6.17. The molecule has 1 N–H and O–H groups in total. The Labute approximate surface area is 259 Å². The van der Waals surface area contributed by atoms with Crippen molar-refractivity contribution in [1.29, 1.82) is 0 Å². The molecule has 3 heterocycles. The number of ether oxygens (including phenoxy) is 5. The summed E-state index contributed by atoms with van der Waals surface area (Å²) in [6, 6.07) is 10.6. The number of nitrogens with one attached hydrogen (secondary N) is 1. The molecule has 1 aromatic carbocycles. The second-order valence-electron chi connectivity index (χ2n) is 9.63. The van der Waals surface area contributed by atoms with Crippen LogP contribution in [-0.4, -0.2) is 75.8 Å². The van der Waals surface area contributed by atoms with Gasteiger partial charge < -0.3 is 33.4 Å². The molecule has 15 nitrogen and oxygen atoms in total. The molecule has 1 fully saturated rings. The van der Waals surface area contributed by atoms with Crippen molar-refractivity contribution < 1.29 is 52.1 Å². The Morgan fingerprint density at radius 1 is 0.864 bits per heavy atom. The lowest BCUT2D eigenvalue weighted by Crippen LogP contribution is -2.60. The van der Waals surface area contributed by atoms with Crippen molar-refractivity contribution in [3.05, 3.63) is 58.5 Å². The van der Waals surface area contributed by atoms with Crippen LogP contribution >= 0.6 is 15.9 Å². The van der Waals surface area contributed by atoms with Gasteiger partial charge in [-0.15, -0.1) is 5.10 Å². The van der Waals surface area contributed by atoms with E-state index in [1.54, 1.807) is 12.1 Å². The van der Waals surface area contributed by atoms with Gasteiger partial charge in [-0.3, -0.25) is 24.0 Å². The smallest absolute Gasteiger partial charge is 0.303 e. The molecule has 16 heteroatoms. The van der Waals surface area contributed by atoms with E-state index in [9.17, 15) is 24.0 Å². The fraction of sp³-hybridized carbons (Fsp3) is 0.393. The van der Waals surface area contributed by atoms with Gasteiger partial charge >= 0.3 is 23.9 Å². The Bertz CT molecular complexity index is 1520. The fourth-order valence-electron chi connectivity index (χ4n) is 4.42. The highest BCUT2D eigenvalue weighted by atomic mass is 79.9. The number of nitrogens with zero attached hydrogens (tertiary/aromatic N) is 3. The van der Waals surface area contributed by atoms with Crippen molar-refractivity contribution in [2.45, 2.75) is 64.9 Å². The minimum absolute atomic E-state index is 0.0710. The summed E-state index contributed by atoms with van der Waals surface area (Å²) in [6.45, 7) is 4.10. The third kappa shape index (κ3) is 8.29. The van der Waals surface area contributed by atoms with Gasteiger partial charge in [-0.1, -0.05) is 33.3 Å². The van der Waals surface area contributed by atoms with E-state index in [1.807, 2.05) is 24.3 Å². The average molecular weight is 677 g/mol. The van der Waals surface area contributed by atoms with Crippen molar-refractivity contribution in [1.82, 2.24) is 20.3 Å². The zero-order valence-electron chi connectivity index (χ0n) is 24.1. The number of rotatable bonds is 10. The maximum Gasteiger partial charge on any atom is 0.303 e. The monoisotopic (exact) mass is 676 g/mol. The molecule has 1 saturated heterocycles. The van der Waals surface area contributed by atoms with Crippen LogP contribution in [0.1, 0.15) is 50.2 Å². The Morgan fingerprint density at radius 2 is 1.50 bits per heavy atom. The minimum Gasteiger partial charge on any atom is -0.463 e. The number of hydrogen-bond donors (Lipinski definition) is 1. The number of halogens is 1. The lowest BCUT2D eigenvalue weighted by Gasteiger charge is -2.44. The highest BCUT2D eigenvalue weighted by molar-refractivity contribution is 9.10. The number of furan rings is 1. The summed E-state index contributed by atoms with van der Waals surface area (Å²) < 4.78 is 35.2. The van der Waals surface area contributed by atoms with Gasteiger partial charge in [0.05, 0.1) is 12.7 Å². The van der Waals surface area contributed by atoms with Crippen LogP contribution in [-0.2, 0) is 49.4 Å². The number of esters is 4. The van der Waals surface area contributed by atoms with E-state index in [0.29, 0.717) is 5.76 Å². The van der Waals surface area contributed by atoms with Gasteiger partial charge in [0.15, 0.2) is 30.3 Å². The molecule has 3 aromatic rings. The second-order valence-corrected chi connectivity index (χ2v) is 10.5. The summed E-state index contributed by atoms with van der Waals surface area (Å²) in [5.74, 6) is -2.82. The molecule has 2 aromatic heterocycles. The highest BCUT2D eigenvalue weighted by Gasteiger charge is 2.53. The molecule has 1 aliphatic rings. The van der Waals surface area contributed by atoms with Crippen LogP contribution < -0.4 is 5.32 Å². The lowest BCUT2D eigenvalue weighted by molar-refractivity contribution is -0.270. The summed E-state index contributed by atoms with van der Waals surface area (Å²) >= 11 is 3.38. The Balaban J connectivity index is 1.54. The molecule has 0 saturated carbocycles. The first-order valence-electron chi connectivity index (χ1n) is 13.3. The van der Waals surface area contributed by atoms with Crippen molar-refractivity contribution in [2.24, 2.45) is 0 Å². The van der Waals surface area contributed by atoms with E-state index >= 15 is 0 Å². The average Bonchev–Trinajstić information content (AvgIpc) is 3.63. The molecule has 1 amide bonds. The Morgan fingerprint density at radius 3 is 2.14 bits per heavy atom. The summed E-state index contributed by atoms with van der Waals surface area (Å²) in [5, 5.41) is 10.8. The van der Waals surface area contributed by atoms with E-state index in [0.717, 1.165) is 30.8 Å². The van der Waals surface area contributed by atoms with Crippen molar-refractivity contribution >= 4 is 45.7 Å². The second kappa shape index (κ2) is 14.3. The zero-order chi connectivity index (χ0) is 32.0. The maximum atomic E-state index is 12.8. The van der Waals surface area contributed by atoms with Crippen LogP contribution in [0.15, 0.2) is 51.5 Å². The minimum atomic E-state index is -1.37. The van der Waals surface area contributed by atoms with E-state index in [4.69, 9.17) is 28.1 Å². The van der Waals surface area contributed by atoms with E-state index in [-0.39, 0.29) is 18.0 Å². The topological polar surface area (TPSA) is 187 Å². The summed E-state index contributed by atoms with van der Waals surface area (Å²) in [4.78, 5) is 60.3. The Kier molecular flexibility index (Phi) is 10.5. The molecule has 1 aliphatic heterocycles. The fourth-order valence-corrected chi connectivity index (χ4v) is 4.69. The van der Waals surface area contributed by atoms with Crippen LogP contribution in [0.5, 0.6) is 0 Å². The molecule has 0 radical (unpaired) electrons. The summed E-state index contributed by atoms with van der Waals surface area (Å²) in [5.41, 5.74) is 1.07. The number of carbonyl (C=O) groups excluding carboxylic acids is 5. The van der Waals surface area contributed by atoms with Crippen molar-refractivity contribution in [3.63, 3.8) is 0 Å².